The maximum atomic E-state index is 13.3. The van der Waals surface area contributed by atoms with Crippen molar-refractivity contribution < 1.29 is 13.6 Å². The molecule has 7 heteroatoms. The summed E-state index contributed by atoms with van der Waals surface area (Å²) in [4.78, 5) is 17.1. The van der Waals surface area contributed by atoms with Gasteiger partial charge in [-0.25, -0.2) is 8.78 Å². The summed E-state index contributed by atoms with van der Waals surface area (Å²) in [5.74, 6) is -0.850. The predicted octanol–water partition coefficient (Wildman–Crippen LogP) is 3.22. The molecule has 0 radical (unpaired) electrons. The molecule has 0 saturated carbocycles. The van der Waals surface area contributed by atoms with Crippen LogP contribution in [-0.2, 0) is 0 Å². The Balaban J connectivity index is 1.60. The molecule has 0 atom stereocenters. The monoisotopic (exact) mass is 370 g/mol. The van der Waals surface area contributed by atoms with Crippen molar-refractivity contribution in [2.75, 3.05) is 43.4 Å². The number of rotatable bonds is 3. The Morgan fingerprint density at radius 3 is 2.33 bits per heavy atom. The van der Waals surface area contributed by atoms with Gasteiger partial charge < -0.3 is 19.5 Å². The minimum atomic E-state index is -0.733. The zero-order valence-corrected chi connectivity index (χ0v) is 15.0. The second-order valence-electron chi connectivity index (χ2n) is 6.81. The number of pyridine rings is 1. The molecule has 0 aliphatic carbocycles. The molecule has 0 unspecified atom stereocenters. The molecule has 0 bridgehead atoms. The van der Waals surface area contributed by atoms with E-state index in [0.717, 1.165) is 55.7 Å². The number of fused-ring (bicyclic) bond motifs is 1. The van der Waals surface area contributed by atoms with Gasteiger partial charge >= 0.3 is 0 Å². The first-order valence-corrected chi connectivity index (χ1v) is 8.82. The third kappa shape index (κ3) is 3.64. The van der Waals surface area contributed by atoms with Crippen molar-refractivity contribution in [2.24, 2.45) is 0 Å². The topological polar surface area (TPSA) is 40.0 Å². The number of piperazine rings is 1. The summed E-state index contributed by atoms with van der Waals surface area (Å²) in [6.45, 7) is 3.81. The molecular weight excluding hydrogens is 350 g/mol. The SMILES string of the molecule is CN1CCN(c2ccc3ccc(C(=O)Nc4cc(F)cc(F)c4)cn23)CC1. The maximum absolute atomic E-state index is 13.3. The van der Waals surface area contributed by atoms with E-state index >= 15 is 0 Å². The van der Waals surface area contributed by atoms with E-state index in [2.05, 4.69) is 22.2 Å². The third-order valence-electron chi connectivity index (χ3n) is 4.84. The Morgan fingerprint density at radius 2 is 1.63 bits per heavy atom. The van der Waals surface area contributed by atoms with Crippen LogP contribution in [0.1, 0.15) is 10.4 Å². The van der Waals surface area contributed by atoms with Crippen LogP contribution >= 0.6 is 0 Å². The largest absolute Gasteiger partial charge is 0.355 e. The Hall–Kier alpha value is -2.93. The minimum Gasteiger partial charge on any atom is -0.355 e. The molecule has 1 amide bonds. The van der Waals surface area contributed by atoms with Crippen LogP contribution in [0.3, 0.4) is 0 Å². The first-order chi connectivity index (χ1) is 13.0. The van der Waals surface area contributed by atoms with Crippen LogP contribution in [0.2, 0.25) is 0 Å². The molecule has 4 rings (SSSR count). The number of carbonyl (C=O) groups is 1. The summed E-state index contributed by atoms with van der Waals surface area (Å²) < 4.78 is 28.6. The molecule has 0 spiro atoms. The van der Waals surface area contributed by atoms with Crippen molar-refractivity contribution in [1.29, 1.82) is 0 Å². The molecule has 27 heavy (non-hydrogen) atoms. The van der Waals surface area contributed by atoms with Crippen LogP contribution < -0.4 is 10.2 Å². The number of anilines is 2. The summed E-state index contributed by atoms with van der Waals surface area (Å²) >= 11 is 0. The van der Waals surface area contributed by atoms with E-state index in [1.807, 2.05) is 22.6 Å². The van der Waals surface area contributed by atoms with E-state index < -0.39 is 17.5 Å². The number of nitrogens with zero attached hydrogens (tertiary/aromatic N) is 3. The van der Waals surface area contributed by atoms with Crippen LogP contribution in [0.15, 0.2) is 48.7 Å². The molecule has 1 aliphatic heterocycles. The van der Waals surface area contributed by atoms with Gasteiger partial charge in [-0.05, 0) is 43.4 Å². The van der Waals surface area contributed by atoms with Gasteiger partial charge in [0.05, 0.1) is 5.56 Å². The standard InChI is InChI=1S/C20H20F2N4O/c1-24-6-8-25(9-7-24)19-5-4-18-3-2-14(13-26(18)19)20(27)23-17-11-15(21)10-16(22)12-17/h2-5,10-13H,6-9H2,1H3,(H,23,27). The van der Waals surface area contributed by atoms with Crippen LogP contribution in [0.4, 0.5) is 20.3 Å². The van der Waals surface area contributed by atoms with E-state index in [-0.39, 0.29) is 5.69 Å². The smallest absolute Gasteiger partial charge is 0.257 e. The Morgan fingerprint density at radius 1 is 0.963 bits per heavy atom. The highest BCUT2D eigenvalue weighted by atomic mass is 19.1. The molecule has 1 N–H and O–H groups in total. The highest BCUT2D eigenvalue weighted by Crippen LogP contribution is 2.22. The number of hydrogen-bond acceptors (Lipinski definition) is 3. The van der Waals surface area contributed by atoms with E-state index in [1.165, 1.54) is 0 Å². The van der Waals surface area contributed by atoms with Crippen molar-refractivity contribution in [2.45, 2.75) is 0 Å². The molecule has 1 fully saturated rings. The Bertz CT molecular complexity index is 973. The van der Waals surface area contributed by atoms with Crippen LogP contribution in [-0.4, -0.2) is 48.4 Å². The van der Waals surface area contributed by atoms with Gasteiger partial charge in [0.25, 0.3) is 5.91 Å². The molecule has 2 aromatic heterocycles. The van der Waals surface area contributed by atoms with E-state index in [4.69, 9.17) is 0 Å². The average molecular weight is 370 g/mol. The first-order valence-electron chi connectivity index (χ1n) is 8.82. The number of amides is 1. The normalized spacial score (nSPS) is 15.3. The van der Waals surface area contributed by atoms with Gasteiger partial charge in [-0.1, -0.05) is 0 Å². The lowest BCUT2D eigenvalue weighted by molar-refractivity contribution is 0.102. The van der Waals surface area contributed by atoms with Gasteiger partial charge in [-0.15, -0.1) is 0 Å². The number of aromatic nitrogens is 1. The summed E-state index contributed by atoms with van der Waals surface area (Å²) in [6.07, 6.45) is 1.76. The van der Waals surface area contributed by atoms with Gasteiger partial charge in [-0.2, -0.15) is 0 Å². The second-order valence-corrected chi connectivity index (χ2v) is 6.81. The van der Waals surface area contributed by atoms with Crippen molar-refractivity contribution in [3.05, 3.63) is 65.9 Å². The van der Waals surface area contributed by atoms with E-state index in [9.17, 15) is 13.6 Å². The van der Waals surface area contributed by atoms with Crippen molar-refractivity contribution in [1.82, 2.24) is 9.30 Å². The van der Waals surface area contributed by atoms with Gasteiger partial charge in [0.2, 0.25) is 0 Å². The van der Waals surface area contributed by atoms with Crippen LogP contribution in [0.5, 0.6) is 0 Å². The highest BCUT2D eigenvalue weighted by Gasteiger charge is 2.17. The number of halogens is 2. The van der Waals surface area contributed by atoms with Crippen molar-refractivity contribution >= 4 is 22.9 Å². The minimum absolute atomic E-state index is 0.0874. The third-order valence-corrected chi connectivity index (χ3v) is 4.84. The fourth-order valence-electron chi connectivity index (χ4n) is 3.34. The molecule has 1 aliphatic rings. The fourth-order valence-corrected chi connectivity index (χ4v) is 3.34. The lowest BCUT2D eigenvalue weighted by atomic mass is 10.2. The van der Waals surface area contributed by atoms with E-state index in [1.54, 1.807) is 12.3 Å². The number of hydrogen-bond donors (Lipinski definition) is 1. The Kier molecular flexibility index (Phi) is 4.53. The van der Waals surface area contributed by atoms with Gasteiger partial charge in [0.15, 0.2) is 0 Å². The summed E-state index contributed by atoms with van der Waals surface area (Å²) in [5.41, 5.74) is 1.49. The van der Waals surface area contributed by atoms with Crippen LogP contribution in [0.25, 0.3) is 5.52 Å². The van der Waals surface area contributed by atoms with Crippen molar-refractivity contribution in [3.63, 3.8) is 0 Å². The first kappa shape index (κ1) is 17.5. The molecule has 1 aromatic carbocycles. The quantitative estimate of drug-likeness (QED) is 0.770. The second kappa shape index (κ2) is 7.00. The summed E-state index contributed by atoms with van der Waals surface area (Å²) in [6, 6.07) is 10.6. The fraction of sp³-hybridized carbons (Fsp3) is 0.250. The van der Waals surface area contributed by atoms with Gasteiger partial charge in [0, 0.05) is 49.6 Å². The number of nitrogens with one attached hydrogen (secondary N) is 1. The lowest BCUT2D eigenvalue weighted by Gasteiger charge is -2.33. The number of benzene rings is 1. The molecule has 5 nitrogen and oxygen atoms in total. The molecule has 3 aromatic rings. The average Bonchev–Trinajstić information content (AvgIpc) is 3.04. The van der Waals surface area contributed by atoms with Crippen LogP contribution in [0, 0.1) is 11.6 Å². The van der Waals surface area contributed by atoms with Crippen molar-refractivity contribution in [3.8, 4) is 0 Å². The number of carbonyl (C=O) groups excluding carboxylic acids is 1. The molecular formula is C20H20F2N4O. The van der Waals surface area contributed by atoms with Gasteiger partial charge in [-0.3, -0.25) is 4.79 Å². The predicted molar refractivity (Wildman–Crippen MR) is 101 cm³/mol. The zero-order valence-electron chi connectivity index (χ0n) is 15.0. The molecule has 1 saturated heterocycles. The number of likely N-dealkylation sites (N-methyl/N-ethyl adjacent to an activating group) is 1. The highest BCUT2D eigenvalue weighted by molar-refractivity contribution is 6.04. The molecule has 140 valence electrons. The Labute approximate surface area is 155 Å². The van der Waals surface area contributed by atoms with E-state index in [0.29, 0.717) is 5.56 Å². The lowest BCUT2D eigenvalue weighted by Crippen LogP contribution is -2.44. The summed E-state index contributed by atoms with van der Waals surface area (Å²) in [7, 11) is 2.10. The summed E-state index contributed by atoms with van der Waals surface area (Å²) in [5, 5.41) is 2.55. The molecule has 3 heterocycles. The zero-order chi connectivity index (χ0) is 19.0. The van der Waals surface area contributed by atoms with Gasteiger partial charge in [0.1, 0.15) is 17.5 Å². The maximum Gasteiger partial charge on any atom is 0.257 e.